The van der Waals surface area contributed by atoms with Gasteiger partial charge in [0.15, 0.2) is 5.82 Å². The molecule has 1 saturated heterocycles. The number of nitrogens with one attached hydrogen (secondary N) is 1. The van der Waals surface area contributed by atoms with E-state index in [4.69, 9.17) is 11.6 Å². The maximum atomic E-state index is 14.0. The summed E-state index contributed by atoms with van der Waals surface area (Å²) in [4.78, 5) is 28.4. The number of nitrogens with zero attached hydrogens (tertiary/aromatic N) is 7. The van der Waals surface area contributed by atoms with Crippen LogP contribution in [-0.2, 0) is 6.54 Å². The molecule has 1 amide bonds. The molecular formula is C23H25F3N10O3. The first-order valence-electron chi connectivity index (χ1n) is 11.6. The van der Waals surface area contributed by atoms with Crippen molar-refractivity contribution in [2.45, 2.75) is 6.54 Å². The summed E-state index contributed by atoms with van der Waals surface area (Å²) in [6, 6.07) is 13.1. The molecule has 4 rings (SSSR count). The lowest BCUT2D eigenvalue weighted by Crippen LogP contribution is -2.52. The number of piperazine rings is 1. The number of benzene rings is 2. The van der Waals surface area contributed by atoms with Crippen molar-refractivity contribution in [3.8, 4) is 0 Å². The van der Waals surface area contributed by atoms with Gasteiger partial charge in [-0.3, -0.25) is 14.9 Å². The minimum atomic E-state index is -1.24. The van der Waals surface area contributed by atoms with Crippen LogP contribution in [-0.4, -0.2) is 52.6 Å². The van der Waals surface area contributed by atoms with Crippen LogP contribution in [0.5, 0.6) is 0 Å². The zero-order chi connectivity index (χ0) is 28.1. The highest BCUT2D eigenvalue weighted by atomic mass is 19.4. The SMILES string of the molecule is NC(=O)c1cnc(N(N)N(c2ccc(N3CCN(F)CC3)cc2)N(F)F)cc1NCc1cccc([N+](=O)[O-])c1. The van der Waals surface area contributed by atoms with E-state index in [-0.39, 0.29) is 48.1 Å². The Morgan fingerprint density at radius 2 is 1.79 bits per heavy atom. The molecule has 0 saturated carbocycles. The average Bonchev–Trinajstić information content (AvgIpc) is 2.92. The highest BCUT2D eigenvalue weighted by Gasteiger charge is 2.25. The topological polar surface area (TPSA) is 153 Å². The van der Waals surface area contributed by atoms with E-state index in [1.807, 2.05) is 4.90 Å². The zero-order valence-electron chi connectivity index (χ0n) is 20.5. The Bertz CT molecular complexity index is 1320. The number of hydrogen-bond donors (Lipinski definition) is 3. The number of amides is 1. The van der Waals surface area contributed by atoms with Gasteiger partial charge >= 0.3 is 0 Å². The first kappa shape index (κ1) is 27.4. The van der Waals surface area contributed by atoms with Gasteiger partial charge in [0.2, 0.25) is 0 Å². The molecule has 2 heterocycles. The largest absolute Gasteiger partial charge is 0.380 e. The number of hydrogen-bond acceptors (Lipinski definition) is 11. The van der Waals surface area contributed by atoms with Crippen molar-refractivity contribution in [1.29, 1.82) is 0 Å². The molecule has 5 N–H and O–H groups in total. The molecule has 0 bridgehead atoms. The van der Waals surface area contributed by atoms with Gasteiger partial charge in [-0.25, -0.2) is 10.8 Å². The number of halogens is 3. The number of non-ortho nitro benzene ring substituents is 1. The van der Waals surface area contributed by atoms with Crippen molar-refractivity contribution < 1.29 is 23.2 Å². The summed E-state index contributed by atoms with van der Waals surface area (Å²) >= 11 is 0. The number of carbonyl (C=O) groups is 1. The quantitative estimate of drug-likeness (QED) is 0.149. The first-order chi connectivity index (χ1) is 18.6. The second kappa shape index (κ2) is 11.8. The Kier molecular flexibility index (Phi) is 8.28. The van der Waals surface area contributed by atoms with Gasteiger partial charge in [0, 0.05) is 62.8 Å². The fourth-order valence-electron chi connectivity index (χ4n) is 4.01. The molecule has 3 aromatic rings. The molecule has 0 atom stereocenters. The third-order valence-corrected chi connectivity index (χ3v) is 6.01. The van der Waals surface area contributed by atoms with E-state index in [2.05, 4.69) is 10.3 Å². The summed E-state index contributed by atoms with van der Waals surface area (Å²) in [5.74, 6) is 5.01. The van der Waals surface area contributed by atoms with Crippen LogP contribution in [0.25, 0.3) is 0 Å². The lowest BCUT2D eigenvalue weighted by molar-refractivity contribution is -0.384. The van der Waals surface area contributed by atoms with Crippen molar-refractivity contribution in [1.82, 2.24) is 15.6 Å². The number of rotatable bonds is 10. The smallest absolute Gasteiger partial charge is 0.269 e. The van der Waals surface area contributed by atoms with Crippen molar-refractivity contribution >= 4 is 34.5 Å². The molecular weight excluding hydrogens is 521 g/mol. The molecule has 13 nitrogen and oxygen atoms in total. The van der Waals surface area contributed by atoms with Crippen LogP contribution in [0.2, 0.25) is 0 Å². The van der Waals surface area contributed by atoms with E-state index in [1.54, 1.807) is 18.2 Å². The fraction of sp³-hybridized carbons (Fsp3) is 0.217. The Morgan fingerprint density at radius 3 is 2.41 bits per heavy atom. The Morgan fingerprint density at radius 1 is 1.10 bits per heavy atom. The van der Waals surface area contributed by atoms with Gasteiger partial charge in [-0.15, -0.1) is 14.7 Å². The Balaban J connectivity index is 1.56. The highest BCUT2D eigenvalue weighted by molar-refractivity contribution is 5.98. The summed E-state index contributed by atoms with van der Waals surface area (Å²) in [6.07, 6.45) is 1.08. The molecule has 0 unspecified atom stereocenters. The Hall–Kier alpha value is -4.67. The number of anilines is 4. The summed E-state index contributed by atoms with van der Waals surface area (Å²) in [7, 11) is 0. The number of pyridine rings is 1. The molecule has 1 aliphatic rings. The van der Waals surface area contributed by atoms with Crippen LogP contribution in [0.4, 0.5) is 42.0 Å². The van der Waals surface area contributed by atoms with E-state index in [0.717, 1.165) is 11.9 Å². The standard InChI is InChI=1S/C23H25F3N10O3/c24-32-10-8-31(9-11-32)17-4-6-18(7-5-17)34(36(25)26)33(28)22-13-21(20(15-30-22)23(27)37)29-14-16-2-1-3-19(12-16)35(38)39/h1-7,12-13,15H,8-11,14,28H2,(H2,27,37)(H,29,30). The number of aromatic nitrogens is 1. The molecule has 206 valence electrons. The normalized spacial score (nSPS) is 13.8. The molecule has 0 spiro atoms. The average molecular weight is 547 g/mol. The first-order valence-corrected chi connectivity index (χ1v) is 11.6. The van der Waals surface area contributed by atoms with Crippen molar-refractivity contribution in [2.75, 3.05) is 46.6 Å². The van der Waals surface area contributed by atoms with Crippen LogP contribution in [0.15, 0.2) is 60.8 Å². The van der Waals surface area contributed by atoms with Crippen LogP contribution >= 0.6 is 0 Å². The molecule has 1 aromatic heterocycles. The van der Waals surface area contributed by atoms with E-state index in [0.29, 0.717) is 34.0 Å². The third-order valence-electron chi connectivity index (χ3n) is 6.01. The van der Waals surface area contributed by atoms with Crippen molar-refractivity contribution in [3.63, 3.8) is 0 Å². The summed E-state index contributed by atoms with van der Waals surface area (Å²) in [5.41, 5.74) is 5.41. The van der Waals surface area contributed by atoms with Gasteiger partial charge in [-0.2, -0.15) is 5.12 Å². The van der Waals surface area contributed by atoms with E-state index < -0.39 is 16.3 Å². The van der Waals surface area contributed by atoms with E-state index >= 15 is 0 Å². The van der Waals surface area contributed by atoms with Crippen molar-refractivity contribution in [2.24, 2.45) is 11.6 Å². The number of nitrogens with two attached hydrogens (primary N) is 2. The van der Waals surface area contributed by atoms with Crippen LogP contribution in [0.1, 0.15) is 15.9 Å². The van der Waals surface area contributed by atoms with Gasteiger partial charge in [-0.05, 0) is 29.8 Å². The number of hydrazine groups is 3. The molecule has 2 aromatic carbocycles. The molecule has 1 aliphatic heterocycles. The minimum Gasteiger partial charge on any atom is -0.380 e. The maximum Gasteiger partial charge on any atom is 0.269 e. The lowest BCUT2D eigenvalue weighted by Gasteiger charge is -2.33. The minimum absolute atomic E-state index is 0.0118. The van der Waals surface area contributed by atoms with Gasteiger partial charge in [0.05, 0.1) is 21.9 Å². The molecule has 39 heavy (non-hydrogen) atoms. The van der Waals surface area contributed by atoms with E-state index in [1.165, 1.54) is 36.4 Å². The second-order valence-corrected chi connectivity index (χ2v) is 8.50. The Labute approximate surface area is 220 Å². The molecule has 0 radical (unpaired) electrons. The highest BCUT2D eigenvalue weighted by Crippen LogP contribution is 2.28. The number of carbonyl (C=O) groups excluding carboxylic acids is 1. The van der Waals surface area contributed by atoms with Gasteiger partial charge < -0.3 is 16.0 Å². The number of nitro groups is 1. The predicted molar refractivity (Wildman–Crippen MR) is 138 cm³/mol. The molecule has 1 fully saturated rings. The number of nitro benzene ring substituents is 1. The second-order valence-electron chi connectivity index (χ2n) is 8.50. The zero-order valence-corrected chi connectivity index (χ0v) is 20.5. The van der Waals surface area contributed by atoms with Gasteiger partial charge in [-0.1, -0.05) is 21.1 Å². The number of primary amides is 1. The van der Waals surface area contributed by atoms with E-state index in [9.17, 15) is 28.4 Å². The molecule has 16 heteroatoms. The van der Waals surface area contributed by atoms with Gasteiger partial charge in [0.1, 0.15) is 5.45 Å². The van der Waals surface area contributed by atoms with Crippen LogP contribution in [0.3, 0.4) is 0 Å². The monoisotopic (exact) mass is 546 g/mol. The maximum absolute atomic E-state index is 14.0. The predicted octanol–water partition coefficient (Wildman–Crippen LogP) is 2.80. The summed E-state index contributed by atoms with van der Waals surface area (Å²) in [6.45, 7) is 1.41. The third kappa shape index (κ3) is 6.43. The van der Waals surface area contributed by atoms with Crippen molar-refractivity contribution in [3.05, 3.63) is 82.0 Å². The summed E-state index contributed by atoms with van der Waals surface area (Å²) in [5, 5.41) is 15.6. The van der Waals surface area contributed by atoms with Crippen LogP contribution < -0.4 is 32.0 Å². The van der Waals surface area contributed by atoms with Gasteiger partial charge in [0.25, 0.3) is 11.6 Å². The molecule has 0 aliphatic carbocycles. The summed E-state index contributed by atoms with van der Waals surface area (Å²) < 4.78 is 41.3. The lowest BCUT2D eigenvalue weighted by atomic mass is 10.1. The van der Waals surface area contributed by atoms with Crippen LogP contribution in [0, 0.1) is 10.1 Å². The fourth-order valence-corrected chi connectivity index (χ4v) is 4.01.